The number of hydrogen-bond donors (Lipinski definition) is 2. The third-order valence-electron chi connectivity index (χ3n) is 12.9. The quantitative estimate of drug-likeness (QED) is 0.174. The van der Waals surface area contributed by atoms with Crippen molar-refractivity contribution in [3.05, 3.63) is 82.4 Å². The Bertz CT molecular complexity index is 1800. The van der Waals surface area contributed by atoms with Gasteiger partial charge in [0.25, 0.3) is 0 Å². The summed E-state index contributed by atoms with van der Waals surface area (Å²) in [6.45, 7) is 11.0. The molecular weight excluding hydrogens is 697 g/mol. The first-order valence-corrected chi connectivity index (χ1v) is 20.0. The van der Waals surface area contributed by atoms with Gasteiger partial charge in [-0.15, -0.1) is 0 Å². The van der Waals surface area contributed by atoms with Crippen molar-refractivity contribution in [3.8, 4) is 23.0 Å². The Balaban J connectivity index is 1.46. The highest BCUT2D eigenvalue weighted by molar-refractivity contribution is 5.72. The van der Waals surface area contributed by atoms with E-state index in [1.807, 2.05) is 30.3 Å². The normalized spacial score (nSPS) is 24.6. The standard InChI is InChI=1S/C44H60N4O7/c1-8-47-21-17-33-24-38(51-4)40(53-6)26-35(33)42(47)37-23-31(16-20-45-43(50)55-28-32-13-11-10-12-14-32)15-19-44(37)36-27-41(54-7)39(52-5)25-34(36)18-22-48(44,9-2)29-46-30(3)49/h10-14,24-27,31,37,42H,8-9,15-23,28-29H2,1-7H3,(H-,45,46,49,50)/p+1. The molecule has 55 heavy (non-hydrogen) atoms. The number of fused-ring (bicyclic) bond motifs is 3. The number of rotatable bonds is 14. The van der Waals surface area contributed by atoms with Crippen molar-refractivity contribution in [2.24, 2.45) is 11.8 Å². The average Bonchev–Trinajstić information content (AvgIpc) is 3.22. The van der Waals surface area contributed by atoms with Gasteiger partial charge < -0.3 is 34.3 Å². The van der Waals surface area contributed by atoms with Crippen LogP contribution in [0.4, 0.5) is 4.79 Å². The fourth-order valence-electron chi connectivity index (χ4n) is 10.2. The van der Waals surface area contributed by atoms with Crippen LogP contribution >= 0.6 is 0 Å². The molecule has 0 saturated heterocycles. The summed E-state index contributed by atoms with van der Waals surface area (Å²) in [4.78, 5) is 28.2. The number of likely N-dealkylation sites (N-methyl/N-ethyl adjacent to an activating group) is 2. The van der Waals surface area contributed by atoms with Gasteiger partial charge in [-0.3, -0.25) is 14.2 Å². The number of hydrogen-bond acceptors (Lipinski definition) is 8. The van der Waals surface area contributed by atoms with E-state index in [1.54, 1.807) is 35.4 Å². The topological polar surface area (TPSA) is 108 Å². The zero-order valence-electron chi connectivity index (χ0n) is 33.9. The Labute approximate surface area is 327 Å². The molecule has 3 aromatic rings. The van der Waals surface area contributed by atoms with Gasteiger partial charge in [-0.1, -0.05) is 37.3 Å². The number of amides is 2. The molecule has 1 saturated carbocycles. The molecule has 2 N–H and O–H groups in total. The Hall–Kier alpha value is -4.48. The van der Waals surface area contributed by atoms with Crippen LogP contribution in [0.1, 0.15) is 80.3 Å². The molecule has 1 aliphatic carbocycles. The van der Waals surface area contributed by atoms with Gasteiger partial charge in [-0.2, -0.15) is 0 Å². The average molecular weight is 758 g/mol. The summed E-state index contributed by atoms with van der Waals surface area (Å²) in [6, 6.07) is 18.6. The van der Waals surface area contributed by atoms with Gasteiger partial charge in [-0.25, -0.2) is 4.79 Å². The van der Waals surface area contributed by atoms with Crippen molar-refractivity contribution >= 4 is 12.0 Å². The molecule has 5 atom stereocenters. The van der Waals surface area contributed by atoms with Crippen molar-refractivity contribution in [3.63, 3.8) is 0 Å². The zero-order chi connectivity index (χ0) is 39.2. The van der Waals surface area contributed by atoms with E-state index in [9.17, 15) is 9.59 Å². The molecule has 11 nitrogen and oxygen atoms in total. The molecule has 11 heteroatoms. The highest BCUT2D eigenvalue weighted by Crippen LogP contribution is 2.61. The zero-order valence-corrected chi connectivity index (χ0v) is 33.9. The number of carbonyl (C=O) groups is 2. The molecule has 2 aliphatic heterocycles. The maximum absolute atomic E-state index is 12.8. The van der Waals surface area contributed by atoms with E-state index in [1.165, 1.54) is 22.3 Å². The monoisotopic (exact) mass is 757 g/mol. The Kier molecular flexibility index (Phi) is 12.8. The molecule has 0 aromatic heterocycles. The maximum Gasteiger partial charge on any atom is 0.407 e. The molecular formula is C44H61N4O7+. The van der Waals surface area contributed by atoms with E-state index in [0.29, 0.717) is 19.1 Å². The van der Waals surface area contributed by atoms with Crippen LogP contribution in [-0.4, -0.2) is 89.2 Å². The molecule has 298 valence electrons. The minimum atomic E-state index is -0.397. The Morgan fingerprint density at radius 2 is 1.55 bits per heavy atom. The van der Waals surface area contributed by atoms with Gasteiger partial charge >= 0.3 is 6.09 Å². The van der Waals surface area contributed by atoms with Crippen LogP contribution in [-0.2, 0) is 34.5 Å². The first-order chi connectivity index (χ1) is 26.7. The number of alkyl carbamates (subject to hydrolysis) is 1. The van der Waals surface area contributed by atoms with Crippen molar-refractivity contribution < 1.29 is 37.8 Å². The Morgan fingerprint density at radius 3 is 2.20 bits per heavy atom. The predicted molar refractivity (Wildman–Crippen MR) is 213 cm³/mol. The lowest BCUT2D eigenvalue weighted by molar-refractivity contribution is -0.993. The van der Waals surface area contributed by atoms with Crippen LogP contribution in [0.25, 0.3) is 0 Å². The summed E-state index contributed by atoms with van der Waals surface area (Å²) in [5.41, 5.74) is 5.70. The minimum absolute atomic E-state index is 0.0234. The van der Waals surface area contributed by atoms with E-state index in [2.05, 4.69) is 53.6 Å². The maximum atomic E-state index is 12.8. The van der Waals surface area contributed by atoms with Crippen LogP contribution < -0.4 is 29.6 Å². The molecule has 2 heterocycles. The fraction of sp³-hybridized carbons (Fsp3) is 0.545. The van der Waals surface area contributed by atoms with Gasteiger partial charge in [0.15, 0.2) is 29.7 Å². The van der Waals surface area contributed by atoms with Crippen LogP contribution in [0.2, 0.25) is 0 Å². The van der Waals surface area contributed by atoms with Gasteiger partial charge in [-0.05, 0) is 91.6 Å². The Morgan fingerprint density at radius 1 is 0.873 bits per heavy atom. The third kappa shape index (κ3) is 7.83. The smallest absolute Gasteiger partial charge is 0.407 e. The number of nitrogens with zero attached hydrogens (tertiary/aromatic N) is 2. The fourth-order valence-corrected chi connectivity index (χ4v) is 10.2. The summed E-state index contributed by atoms with van der Waals surface area (Å²) in [6.07, 6.45) is 5.03. The van der Waals surface area contributed by atoms with Crippen LogP contribution in [0.5, 0.6) is 23.0 Å². The lowest BCUT2D eigenvalue weighted by atomic mass is 9.57. The van der Waals surface area contributed by atoms with Gasteiger partial charge in [0.2, 0.25) is 5.91 Å². The molecule has 3 aliphatic rings. The van der Waals surface area contributed by atoms with Crippen molar-refractivity contribution in [2.45, 2.75) is 77.5 Å². The van der Waals surface area contributed by atoms with Crippen molar-refractivity contribution in [1.29, 1.82) is 0 Å². The van der Waals surface area contributed by atoms with Gasteiger partial charge in [0.1, 0.15) is 12.1 Å². The summed E-state index contributed by atoms with van der Waals surface area (Å²) < 4.78 is 29.9. The first-order valence-electron chi connectivity index (χ1n) is 20.0. The number of carbonyl (C=O) groups excluding carboxylic acids is 2. The molecule has 5 unspecified atom stereocenters. The van der Waals surface area contributed by atoms with E-state index < -0.39 is 6.09 Å². The highest BCUT2D eigenvalue weighted by Gasteiger charge is 2.63. The summed E-state index contributed by atoms with van der Waals surface area (Å²) in [7, 11) is 6.82. The second-order valence-electron chi connectivity index (χ2n) is 15.4. The molecule has 3 aromatic carbocycles. The van der Waals surface area contributed by atoms with Crippen molar-refractivity contribution in [1.82, 2.24) is 15.5 Å². The number of quaternary nitrogens is 1. The van der Waals surface area contributed by atoms with Crippen LogP contribution in [0.15, 0.2) is 54.6 Å². The van der Waals surface area contributed by atoms with Crippen LogP contribution in [0, 0.1) is 11.8 Å². The second kappa shape index (κ2) is 17.5. The second-order valence-corrected chi connectivity index (χ2v) is 15.4. The summed E-state index contributed by atoms with van der Waals surface area (Å²) >= 11 is 0. The third-order valence-corrected chi connectivity index (χ3v) is 12.9. The van der Waals surface area contributed by atoms with Crippen LogP contribution in [0.3, 0.4) is 0 Å². The van der Waals surface area contributed by atoms with E-state index in [0.717, 1.165) is 97.7 Å². The summed E-state index contributed by atoms with van der Waals surface area (Å²) in [5, 5.41) is 6.36. The van der Waals surface area contributed by atoms with Crippen molar-refractivity contribution in [2.75, 3.05) is 67.8 Å². The lowest BCUT2D eigenvalue weighted by Gasteiger charge is -2.63. The number of methoxy groups -OCH3 is 4. The van der Waals surface area contributed by atoms with Gasteiger partial charge in [0.05, 0.1) is 41.5 Å². The van der Waals surface area contributed by atoms with E-state index >= 15 is 0 Å². The lowest BCUT2D eigenvalue weighted by Crippen LogP contribution is -2.73. The SMILES string of the molecule is CCN1CCc2cc(OC)c(OC)cc2C1C1CC(CCNC(=O)OCc2ccccc2)CCC12c1cc(OC)c(OC)cc1CC[N+]2(CC)CNC(C)=O. The first kappa shape index (κ1) is 40.2. The number of ether oxygens (including phenoxy) is 5. The minimum Gasteiger partial charge on any atom is -0.493 e. The number of nitrogens with one attached hydrogen (secondary N) is 2. The molecule has 0 bridgehead atoms. The molecule has 0 radical (unpaired) electrons. The summed E-state index contributed by atoms with van der Waals surface area (Å²) in [5.74, 6) is 3.38. The highest BCUT2D eigenvalue weighted by atomic mass is 16.5. The molecule has 1 spiro atoms. The van der Waals surface area contributed by atoms with E-state index in [-0.39, 0.29) is 30.0 Å². The largest absolute Gasteiger partial charge is 0.493 e. The molecule has 2 amide bonds. The van der Waals surface area contributed by atoms with Gasteiger partial charge in [0, 0.05) is 50.4 Å². The predicted octanol–water partition coefficient (Wildman–Crippen LogP) is 6.75. The molecule has 1 fully saturated rings. The van der Waals surface area contributed by atoms with E-state index in [4.69, 9.17) is 23.7 Å². The molecule has 6 rings (SSSR count). The number of benzene rings is 3.